The summed E-state index contributed by atoms with van der Waals surface area (Å²) >= 11 is 1.93. The van der Waals surface area contributed by atoms with E-state index in [1.807, 2.05) is 17.8 Å². The molecule has 0 radical (unpaired) electrons. The Bertz CT molecular complexity index is 369. The van der Waals surface area contributed by atoms with Gasteiger partial charge in [0.05, 0.1) is 0 Å². The fraction of sp³-hybridized carbons (Fsp3) is 0.429. The summed E-state index contributed by atoms with van der Waals surface area (Å²) < 4.78 is 5.99. The molecule has 3 rings (SSSR count). The summed E-state index contributed by atoms with van der Waals surface area (Å²) in [6.07, 6.45) is 7.92. The van der Waals surface area contributed by atoms with E-state index in [-0.39, 0.29) is 0 Å². The molecule has 2 atom stereocenters. The Hall–Kier alpha value is -0.890. The van der Waals surface area contributed by atoms with Crippen molar-refractivity contribution in [1.82, 2.24) is 0 Å². The molecule has 1 nitrogen and oxygen atoms in total. The number of fused-ring (bicyclic) bond motifs is 1. The molecule has 1 aromatic carbocycles. The lowest BCUT2D eigenvalue weighted by Gasteiger charge is -2.21. The maximum Gasteiger partial charge on any atom is 0.154 e. The molecular weight excluding hydrogens is 216 g/mol. The van der Waals surface area contributed by atoms with Gasteiger partial charge in [-0.2, -0.15) is 0 Å². The van der Waals surface area contributed by atoms with Gasteiger partial charge in [-0.05, 0) is 30.9 Å². The Labute approximate surface area is 101 Å². The fourth-order valence-corrected chi connectivity index (χ4v) is 3.72. The van der Waals surface area contributed by atoms with E-state index in [1.54, 1.807) is 0 Å². The smallest absolute Gasteiger partial charge is 0.154 e. The average Bonchev–Trinajstić information content (AvgIpc) is 2.72. The first-order valence-corrected chi connectivity index (χ1v) is 6.90. The molecule has 0 bridgehead atoms. The van der Waals surface area contributed by atoms with Crippen LogP contribution in [0.15, 0.2) is 35.4 Å². The van der Waals surface area contributed by atoms with E-state index < -0.39 is 0 Å². The molecule has 1 aliphatic heterocycles. The zero-order chi connectivity index (χ0) is 10.8. The maximum absolute atomic E-state index is 5.99. The molecule has 2 unspecified atom stereocenters. The predicted octanol–water partition coefficient (Wildman–Crippen LogP) is 4.06. The van der Waals surface area contributed by atoms with Crippen molar-refractivity contribution in [2.24, 2.45) is 0 Å². The third-order valence-corrected chi connectivity index (χ3v) is 4.55. The molecule has 1 saturated carbocycles. The van der Waals surface area contributed by atoms with Crippen LogP contribution in [0.2, 0.25) is 0 Å². The number of benzene rings is 1. The third kappa shape index (κ3) is 2.12. The molecule has 2 fully saturated rings. The van der Waals surface area contributed by atoms with Gasteiger partial charge in [0.15, 0.2) is 5.09 Å². The van der Waals surface area contributed by atoms with Crippen LogP contribution in [0.5, 0.6) is 0 Å². The third-order valence-electron chi connectivity index (χ3n) is 3.26. The minimum Gasteiger partial charge on any atom is -0.483 e. The van der Waals surface area contributed by atoms with Crippen molar-refractivity contribution in [3.63, 3.8) is 0 Å². The van der Waals surface area contributed by atoms with Crippen LogP contribution in [0.1, 0.15) is 31.2 Å². The summed E-state index contributed by atoms with van der Waals surface area (Å²) in [5.74, 6) is 0. The van der Waals surface area contributed by atoms with Crippen molar-refractivity contribution < 1.29 is 4.74 Å². The van der Waals surface area contributed by atoms with E-state index in [1.165, 1.54) is 31.2 Å². The van der Waals surface area contributed by atoms with Gasteiger partial charge in [-0.15, -0.1) is 0 Å². The van der Waals surface area contributed by atoms with Crippen LogP contribution >= 0.6 is 11.8 Å². The standard InChI is InChI=1S/C14H16OS/c1-2-6-11(7-3-1)10-14-15-12-8-4-5-9-13(12)16-14/h1-3,6-7,10,12-13H,4-5,8-9H2. The minimum atomic E-state index is 0.480. The van der Waals surface area contributed by atoms with E-state index in [0.29, 0.717) is 11.4 Å². The monoisotopic (exact) mass is 232 g/mol. The molecule has 1 heterocycles. The minimum absolute atomic E-state index is 0.480. The van der Waals surface area contributed by atoms with Crippen molar-refractivity contribution >= 4 is 17.8 Å². The lowest BCUT2D eigenvalue weighted by atomic mass is 9.97. The van der Waals surface area contributed by atoms with Gasteiger partial charge in [0, 0.05) is 5.25 Å². The van der Waals surface area contributed by atoms with Crippen LogP contribution in [-0.2, 0) is 4.74 Å². The summed E-state index contributed by atoms with van der Waals surface area (Å²) in [5, 5.41) is 1.83. The maximum atomic E-state index is 5.99. The molecule has 84 valence electrons. The molecule has 2 heteroatoms. The van der Waals surface area contributed by atoms with Crippen LogP contribution in [0.4, 0.5) is 0 Å². The normalized spacial score (nSPS) is 31.1. The van der Waals surface area contributed by atoms with E-state index in [9.17, 15) is 0 Å². The molecule has 0 spiro atoms. The number of ether oxygens (including phenoxy) is 1. The zero-order valence-corrected chi connectivity index (χ0v) is 10.1. The van der Waals surface area contributed by atoms with Crippen LogP contribution < -0.4 is 0 Å². The number of rotatable bonds is 1. The molecule has 0 N–H and O–H groups in total. The Morgan fingerprint density at radius 3 is 2.75 bits per heavy atom. The van der Waals surface area contributed by atoms with Crippen LogP contribution in [0, 0.1) is 0 Å². The van der Waals surface area contributed by atoms with Gasteiger partial charge in [0.2, 0.25) is 0 Å². The second kappa shape index (κ2) is 4.54. The highest BCUT2D eigenvalue weighted by molar-refractivity contribution is 8.03. The van der Waals surface area contributed by atoms with E-state index in [4.69, 9.17) is 4.74 Å². The summed E-state index contributed by atoms with van der Waals surface area (Å²) in [4.78, 5) is 0. The first-order chi connectivity index (χ1) is 7.92. The summed E-state index contributed by atoms with van der Waals surface area (Å²) in [7, 11) is 0. The van der Waals surface area contributed by atoms with Crippen molar-refractivity contribution in [2.75, 3.05) is 0 Å². The molecule has 16 heavy (non-hydrogen) atoms. The molecule has 1 aliphatic carbocycles. The topological polar surface area (TPSA) is 9.23 Å². The Kier molecular flexibility index (Phi) is 2.92. The molecule has 0 amide bonds. The van der Waals surface area contributed by atoms with E-state index in [0.717, 1.165) is 5.09 Å². The lowest BCUT2D eigenvalue weighted by molar-refractivity contribution is 0.122. The van der Waals surface area contributed by atoms with Crippen molar-refractivity contribution in [1.29, 1.82) is 0 Å². The van der Waals surface area contributed by atoms with Crippen LogP contribution in [-0.4, -0.2) is 11.4 Å². The summed E-state index contributed by atoms with van der Waals surface area (Å²) in [6.45, 7) is 0. The first-order valence-electron chi connectivity index (χ1n) is 6.02. The van der Waals surface area contributed by atoms with Gasteiger partial charge in [-0.3, -0.25) is 0 Å². The average molecular weight is 232 g/mol. The first kappa shape index (κ1) is 10.3. The SMILES string of the molecule is C(=C1OC2CCCCC2S1)c1ccccc1. The fourth-order valence-electron chi connectivity index (χ4n) is 2.41. The lowest BCUT2D eigenvalue weighted by Crippen LogP contribution is -2.23. The Balaban J connectivity index is 1.75. The quantitative estimate of drug-likeness (QED) is 0.722. The Morgan fingerprint density at radius 1 is 1.12 bits per heavy atom. The van der Waals surface area contributed by atoms with Crippen LogP contribution in [0.25, 0.3) is 6.08 Å². The van der Waals surface area contributed by atoms with Gasteiger partial charge in [0.25, 0.3) is 0 Å². The van der Waals surface area contributed by atoms with Crippen molar-refractivity contribution in [3.8, 4) is 0 Å². The van der Waals surface area contributed by atoms with Gasteiger partial charge in [-0.25, -0.2) is 0 Å². The predicted molar refractivity (Wildman–Crippen MR) is 69.1 cm³/mol. The number of thioether (sulfide) groups is 1. The largest absolute Gasteiger partial charge is 0.483 e. The van der Waals surface area contributed by atoms with Gasteiger partial charge < -0.3 is 4.74 Å². The molecule has 2 aliphatic rings. The van der Waals surface area contributed by atoms with Crippen LogP contribution in [0.3, 0.4) is 0 Å². The second-order valence-electron chi connectivity index (χ2n) is 4.47. The highest BCUT2D eigenvalue weighted by Crippen LogP contribution is 2.43. The zero-order valence-electron chi connectivity index (χ0n) is 9.26. The van der Waals surface area contributed by atoms with E-state index >= 15 is 0 Å². The molecule has 0 aromatic heterocycles. The second-order valence-corrected chi connectivity index (χ2v) is 5.71. The number of hydrogen-bond acceptors (Lipinski definition) is 2. The summed E-state index contributed by atoms with van der Waals surface area (Å²) in [5.41, 5.74) is 1.24. The Morgan fingerprint density at radius 2 is 1.94 bits per heavy atom. The van der Waals surface area contributed by atoms with Crippen molar-refractivity contribution in [2.45, 2.75) is 37.0 Å². The highest BCUT2D eigenvalue weighted by Gasteiger charge is 2.34. The molecule has 1 saturated heterocycles. The van der Waals surface area contributed by atoms with Gasteiger partial charge in [-0.1, -0.05) is 48.5 Å². The van der Waals surface area contributed by atoms with Gasteiger partial charge >= 0.3 is 0 Å². The summed E-state index contributed by atoms with van der Waals surface area (Å²) in [6, 6.07) is 10.4. The molecule has 1 aromatic rings. The van der Waals surface area contributed by atoms with Gasteiger partial charge in [0.1, 0.15) is 6.10 Å². The highest BCUT2D eigenvalue weighted by atomic mass is 32.2. The van der Waals surface area contributed by atoms with E-state index in [2.05, 4.69) is 30.3 Å². The molecular formula is C14H16OS. The number of hydrogen-bond donors (Lipinski definition) is 0. The van der Waals surface area contributed by atoms with Crippen molar-refractivity contribution in [3.05, 3.63) is 41.0 Å².